The van der Waals surface area contributed by atoms with E-state index < -0.39 is 5.97 Å². The summed E-state index contributed by atoms with van der Waals surface area (Å²) in [6.45, 7) is 2.60. The number of hydrogen-bond acceptors (Lipinski definition) is 4. The fourth-order valence-electron chi connectivity index (χ4n) is 1.49. The minimum atomic E-state index is -0.992. The number of rotatable bonds is 4. The van der Waals surface area contributed by atoms with Gasteiger partial charge in [0.25, 0.3) is 0 Å². The van der Waals surface area contributed by atoms with Crippen molar-refractivity contribution in [3.05, 3.63) is 44.2 Å². The molecule has 2 heterocycles. The lowest BCUT2D eigenvalue weighted by molar-refractivity contribution is 0.0697. The lowest BCUT2D eigenvalue weighted by Crippen LogP contribution is -2.08. The Labute approximate surface area is 117 Å². The standard InChI is InChI=1S/C12H11BrN2O2S/c1-7-5-18-6-8(7)3-14-11-10(12(16)17)2-9(13)4-15-11/h2,4-6H,3H2,1H3,(H,14,15)(H,16,17). The maximum atomic E-state index is 11.1. The van der Waals surface area contributed by atoms with Gasteiger partial charge in [-0.15, -0.1) is 0 Å². The van der Waals surface area contributed by atoms with Crippen LogP contribution in [0, 0.1) is 6.92 Å². The molecule has 0 unspecified atom stereocenters. The molecule has 0 aliphatic rings. The Kier molecular flexibility index (Phi) is 3.98. The topological polar surface area (TPSA) is 62.2 Å². The molecule has 6 heteroatoms. The van der Waals surface area contributed by atoms with E-state index in [2.05, 4.69) is 31.6 Å². The summed E-state index contributed by atoms with van der Waals surface area (Å²) in [6, 6.07) is 1.54. The van der Waals surface area contributed by atoms with Crippen LogP contribution in [0.1, 0.15) is 21.5 Å². The highest BCUT2D eigenvalue weighted by molar-refractivity contribution is 9.10. The molecule has 18 heavy (non-hydrogen) atoms. The second-order valence-corrected chi connectivity index (χ2v) is 5.45. The van der Waals surface area contributed by atoms with Gasteiger partial charge in [0.2, 0.25) is 0 Å². The molecule has 0 radical (unpaired) electrons. The zero-order chi connectivity index (χ0) is 13.1. The van der Waals surface area contributed by atoms with Crippen LogP contribution in [-0.4, -0.2) is 16.1 Å². The Bertz CT molecular complexity index is 583. The van der Waals surface area contributed by atoms with Gasteiger partial charge in [0.1, 0.15) is 11.4 Å². The second kappa shape index (κ2) is 5.49. The number of halogens is 1. The third-order valence-corrected chi connectivity index (χ3v) is 3.84. The molecule has 0 bridgehead atoms. The largest absolute Gasteiger partial charge is 0.478 e. The molecule has 0 fully saturated rings. The first-order valence-electron chi connectivity index (χ1n) is 5.22. The van der Waals surface area contributed by atoms with Crippen LogP contribution in [0.3, 0.4) is 0 Å². The fourth-order valence-corrected chi connectivity index (χ4v) is 2.68. The number of aromatic carboxylic acids is 1. The number of nitrogens with zero attached hydrogens (tertiary/aromatic N) is 1. The van der Waals surface area contributed by atoms with Crippen LogP contribution in [0.4, 0.5) is 5.82 Å². The smallest absolute Gasteiger partial charge is 0.339 e. The molecule has 2 aromatic heterocycles. The van der Waals surface area contributed by atoms with Crippen molar-refractivity contribution in [2.75, 3.05) is 5.32 Å². The molecular weight excluding hydrogens is 316 g/mol. The van der Waals surface area contributed by atoms with Gasteiger partial charge >= 0.3 is 5.97 Å². The number of aryl methyl sites for hydroxylation is 1. The highest BCUT2D eigenvalue weighted by Crippen LogP contribution is 2.20. The summed E-state index contributed by atoms with van der Waals surface area (Å²) in [5, 5.41) is 16.3. The predicted octanol–water partition coefficient (Wildman–Crippen LogP) is 3.52. The van der Waals surface area contributed by atoms with Crippen molar-refractivity contribution in [1.29, 1.82) is 0 Å². The normalized spacial score (nSPS) is 10.3. The van der Waals surface area contributed by atoms with Crippen molar-refractivity contribution in [3.63, 3.8) is 0 Å². The first-order chi connectivity index (χ1) is 8.58. The predicted molar refractivity (Wildman–Crippen MR) is 75.3 cm³/mol. The number of pyridine rings is 1. The van der Waals surface area contributed by atoms with Gasteiger partial charge in [-0.05, 0) is 50.8 Å². The molecule has 0 spiro atoms. The van der Waals surface area contributed by atoms with Crippen LogP contribution >= 0.6 is 27.3 Å². The number of thiophene rings is 1. The molecule has 2 aromatic rings. The monoisotopic (exact) mass is 326 g/mol. The molecule has 0 aromatic carbocycles. The van der Waals surface area contributed by atoms with Gasteiger partial charge in [0, 0.05) is 17.2 Å². The van der Waals surface area contributed by atoms with E-state index in [1.165, 1.54) is 11.6 Å². The quantitative estimate of drug-likeness (QED) is 0.902. The zero-order valence-corrected chi connectivity index (χ0v) is 12.0. The summed E-state index contributed by atoms with van der Waals surface area (Å²) in [5.41, 5.74) is 2.51. The lowest BCUT2D eigenvalue weighted by Gasteiger charge is -2.08. The van der Waals surface area contributed by atoms with E-state index in [-0.39, 0.29) is 5.56 Å². The third kappa shape index (κ3) is 2.88. The first-order valence-corrected chi connectivity index (χ1v) is 6.96. The third-order valence-electron chi connectivity index (χ3n) is 2.49. The molecule has 0 aliphatic heterocycles. The van der Waals surface area contributed by atoms with E-state index in [1.807, 2.05) is 12.3 Å². The molecule has 94 valence electrons. The Hall–Kier alpha value is -1.40. The molecule has 0 saturated carbocycles. The van der Waals surface area contributed by atoms with E-state index in [0.717, 1.165) is 5.56 Å². The number of anilines is 1. The molecule has 0 atom stereocenters. The van der Waals surface area contributed by atoms with E-state index >= 15 is 0 Å². The average molecular weight is 327 g/mol. The summed E-state index contributed by atoms with van der Waals surface area (Å²) in [5.74, 6) is -0.607. The zero-order valence-electron chi connectivity index (χ0n) is 9.61. The summed E-state index contributed by atoms with van der Waals surface area (Å²) >= 11 is 4.84. The van der Waals surface area contributed by atoms with E-state index in [0.29, 0.717) is 16.8 Å². The second-order valence-electron chi connectivity index (χ2n) is 3.79. The van der Waals surface area contributed by atoms with Crippen molar-refractivity contribution in [3.8, 4) is 0 Å². The van der Waals surface area contributed by atoms with Crippen LogP contribution in [0.15, 0.2) is 27.5 Å². The Morgan fingerprint density at radius 1 is 1.56 bits per heavy atom. The SMILES string of the molecule is Cc1cscc1CNc1ncc(Br)cc1C(=O)O. The Morgan fingerprint density at radius 2 is 2.33 bits per heavy atom. The Balaban J connectivity index is 2.19. The molecule has 4 nitrogen and oxygen atoms in total. The van der Waals surface area contributed by atoms with Crippen molar-refractivity contribution >= 4 is 39.1 Å². The van der Waals surface area contributed by atoms with Gasteiger partial charge in [-0.2, -0.15) is 11.3 Å². The Morgan fingerprint density at radius 3 is 2.94 bits per heavy atom. The van der Waals surface area contributed by atoms with Gasteiger partial charge < -0.3 is 10.4 Å². The molecular formula is C12H11BrN2O2S. The summed E-state index contributed by atoms with van der Waals surface area (Å²) < 4.78 is 0.650. The summed E-state index contributed by atoms with van der Waals surface area (Å²) in [6.07, 6.45) is 1.58. The van der Waals surface area contributed by atoms with Crippen LogP contribution in [-0.2, 0) is 6.54 Å². The number of carboxylic acid groups (broad SMARTS) is 1. The minimum absolute atomic E-state index is 0.164. The number of hydrogen-bond donors (Lipinski definition) is 2. The average Bonchev–Trinajstić information content (AvgIpc) is 2.73. The number of carbonyl (C=O) groups is 1. The van der Waals surface area contributed by atoms with Gasteiger partial charge in [-0.1, -0.05) is 0 Å². The van der Waals surface area contributed by atoms with Gasteiger partial charge in [0.15, 0.2) is 0 Å². The van der Waals surface area contributed by atoms with Crippen molar-refractivity contribution in [2.24, 2.45) is 0 Å². The van der Waals surface area contributed by atoms with Crippen LogP contribution < -0.4 is 5.32 Å². The van der Waals surface area contributed by atoms with Crippen molar-refractivity contribution in [2.45, 2.75) is 13.5 Å². The van der Waals surface area contributed by atoms with E-state index in [1.54, 1.807) is 17.5 Å². The summed E-state index contributed by atoms with van der Waals surface area (Å²) in [4.78, 5) is 15.2. The molecule has 2 N–H and O–H groups in total. The first kappa shape index (κ1) is 13.0. The van der Waals surface area contributed by atoms with E-state index in [9.17, 15) is 4.79 Å². The molecule has 0 aliphatic carbocycles. The summed E-state index contributed by atoms with van der Waals surface area (Å²) in [7, 11) is 0. The van der Waals surface area contributed by atoms with Crippen molar-refractivity contribution < 1.29 is 9.90 Å². The van der Waals surface area contributed by atoms with Crippen molar-refractivity contribution in [1.82, 2.24) is 4.98 Å². The lowest BCUT2D eigenvalue weighted by atomic mass is 10.2. The highest BCUT2D eigenvalue weighted by Gasteiger charge is 2.12. The number of aromatic nitrogens is 1. The number of nitrogens with one attached hydrogen (secondary N) is 1. The van der Waals surface area contributed by atoms with Gasteiger partial charge in [-0.3, -0.25) is 0 Å². The fraction of sp³-hybridized carbons (Fsp3) is 0.167. The molecule has 0 amide bonds. The maximum absolute atomic E-state index is 11.1. The van der Waals surface area contributed by atoms with Gasteiger partial charge in [0.05, 0.1) is 0 Å². The van der Waals surface area contributed by atoms with E-state index in [4.69, 9.17) is 5.11 Å². The molecule has 0 saturated heterocycles. The maximum Gasteiger partial charge on any atom is 0.339 e. The van der Waals surface area contributed by atoms with Crippen LogP contribution in [0.5, 0.6) is 0 Å². The van der Waals surface area contributed by atoms with Crippen LogP contribution in [0.25, 0.3) is 0 Å². The minimum Gasteiger partial charge on any atom is -0.478 e. The van der Waals surface area contributed by atoms with Gasteiger partial charge in [-0.25, -0.2) is 9.78 Å². The molecule has 2 rings (SSSR count). The number of carboxylic acids is 1. The highest BCUT2D eigenvalue weighted by atomic mass is 79.9. The van der Waals surface area contributed by atoms with Crippen LogP contribution in [0.2, 0.25) is 0 Å².